The molecule has 2 heterocycles. The standard InChI is InChI=1S/C18H25N3O3.ClH/c1-19-14-4-2-10-20(12-14)18(23)13-24-16-8-6-15(7-9-16)21-11-3-5-17(21)22;/h6-9,14,19H,2-5,10-13H2,1H3;1H. The van der Waals surface area contributed by atoms with Crippen LogP contribution in [0, 0.1) is 0 Å². The van der Waals surface area contributed by atoms with Crippen molar-refractivity contribution < 1.29 is 14.3 Å². The average molecular weight is 368 g/mol. The van der Waals surface area contributed by atoms with Gasteiger partial charge < -0.3 is 19.9 Å². The van der Waals surface area contributed by atoms with Crippen molar-refractivity contribution in [1.82, 2.24) is 10.2 Å². The number of halogens is 1. The predicted octanol–water partition coefficient (Wildman–Crippen LogP) is 1.82. The van der Waals surface area contributed by atoms with Crippen molar-refractivity contribution in [3.05, 3.63) is 24.3 Å². The van der Waals surface area contributed by atoms with Gasteiger partial charge in [-0.05, 0) is 50.6 Å². The van der Waals surface area contributed by atoms with Crippen LogP contribution in [-0.4, -0.2) is 56.0 Å². The molecule has 1 atom stereocenters. The summed E-state index contributed by atoms with van der Waals surface area (Å²) in [7, 11) is 1.93. The molecule has 0 saturated carbocycles. The van der Waals surface area contributed by atoms with Crippen molar-refractivity contribution in [2.45, 2.75) is 31.7 Å². The molecule has 0 aliphatic carbocycles. The Kier molecular flexibility index (Phi) is 7.08. The van der Waals surface area contributed by atoms with Crippen LogP contribution in [0.2, 0.25) is 0 Å². The Morgan fingerprint density at radius 1 is 1.24 bits per heavy atom. The lowest BCUT2D eigenvalue weighted by molar-refractivity contribution is -0.134. The van der Waals surface area contributed by atoms with Crippen LogP contribution < -0.4 is 15.0 Å². The first-order chi connectivity index (χ1) is 11.7. The highest BCUT2D eigenvalue weighted by Gasteiger charge is 2.23. The summed E-state index contributed by atoms with van der Waals surface area (Å²) in [6, 6.07) is 7.77. The molecule has 0 aromatic heterocycles. The molecule has 0 radical (unpaired) electrons. The molecule has 1 aromatic carbocycles. The number of hydrogen-bond acceptors (Lipinski definition) is 4. The Labute approximate surface area is 154 Å². The summed E-state index contributed by atoms with van der Waals surface area (Å²) in [6.45, 7) is 2.38. The molecule has 1 N–H and O–H groups in total. The summed E-state index contributed by atoms with van der Waals surface area (Å²) < 4.78 is 5.62. The fourth-order valence-corrected chi connectivity index (χ4v) is 3.32. The lowest BCUT2D eigenvalue weighted by atomic mass is 10.1. The number of nitrogens with zero attached hydrogens (tertiary/aromatic N) is 2. The minimum atomic E-state index is 0. The van der Waals surface area contributed by atoms with Gasteiger partial charge in [-0.3, -0.25) is 9.59 Å². The fraction of sp³-hybridized carbons (Fsp3) is 0.556. The molecule has 0 spiro atoms. The van der Waals surface area contributed by atoms with Gasteiger partial charge >= 0.3 is 0 Å². The lowest BCUT2D eigenvalue weighted by Crippen LogP contribution is -2.48. The number of nitrogens with one attached hydrogen (secondary N) is 1. The highest BCUT2D eigenvalue weighted by Crippen LogP contribution is 2.24. The molecular weight excluding hydrogens is 342 g/mol. The van der Waals surface area contributed by atoms with Gasteiger partial charge in [0.1, 0.15) is 5.75 Å². The number of amides is 2. The van der Waals surface area contributed by atoms with Crippen molar-refractivity contribution in [2.24, 2.45) is 0 Å². The number of likely N-dealkylation sites (tertiary alicyclic amines) is 1. The first-order valence-electron chi connectivity index (χ1n) is 8.65. The highest BCUT2D eigenvalue weighted by molar-refractivity contribution is 5.95. The van der Waals surface area contributed by atoms with Gasteiger partial charge in [0.2, 0.25) is 5.91 Å². The quantitative estimate of drug-likeness (QED) is 0.862. The van der Waals surface area contributed by atoms with Crippen LogP contribution in [-0.2, 0) is 9.59 Å². The van der Waals surface area contributed by atoms with E-state index in [0.717, 1.165) is 44.6 Å². The van der Waals surface area contributed by atoms with Gasteiger partial charge in [-0.15, -0.1) is 12.4 Å². The van der Waals surface area contributed by atoms with E-state index in [1.54, 1.807) is 4.90 Å². The second kappa shape index (κ2) is 9.06. The van der Waals surface area contributed by atoms with Gasteiger partial charge in [-0.1, -0.05) is 0 Å². The lowest BCUT2D eigenvalue weighted by Gasteiger charge is -2.32. The van der Waals surface area contributed by atoms with E-state index in [-0.39, 0.29) is 30.8 Å². The van der Waals surface area contributed by atoms with Crippen molar-refractivity contribution in [1.29, 1.82) is 0 Å². The molecule has 2 amide bonds. The van der Waals surface area contributed by atoms with E-state index in [0.29, 0.717) is 18.2 Å². The minimum Gasteiger partial charge on any atom is -0.484 e. The largest absolute Gasteiger partial charge is 0.484 e. The number of piperidine rings is 1. The van der Waals surface area contributed by atoms with E-state index in [1.165, 1.54) is 0 Å². The second-order valence-corrected chi connectivity index (χ2v) is 6.40. The summed E-state index contributed by atoms with van der Waals surface area (Å²) in [5.41, 5.74) is 0.893. The smallest absolute Gasteiger partial charge is 0.260 e. The SMILES string of the molecule is CNC1CCCN(C(=O)COc2ccc(N3CCCC3=O)cc2)C1.Cl. The second-order valence-electron chi connectivity index (χ2n) is 6.40. The zero-order valence-electron chi connectivity index (χ0n) is 14.6. The number of rotatable bonds is 5. The molecule has 25 heavy (non-hydrogen) atoms. The van der Waals surface area contributed by atoms with E-state index in [9.17, 15) is 9.59 Å². The number of anilines is 1. The first kappa shape index (κ1) is 19.5. The normalized spacial score (nSPS) is 20.4. The van der Waals surface area contributed by atoms with Crippen LogP contribution in [0.15, 0.2) is 24.3 Å². The molecule has 138 valence electrons. The third kappa shape index (κ3) is 4.86. The molecule has 3 rings (SSSR count). The zero-order chi connectivity index (χ0) is 16.9. The van der Waals surface area contributed by atoms with Crippen LogP contribution in [0.4, 0.5) is 5.69 Å². The van der Waals surface area contributed by atoms with Gasteiger partial charge in [-0.25, -0.2) is 0 Å². The van der Waals surface area contributed by atoms with E-state index < -0.39 is 0 Å². The van der Waals surface area contributed by atoms with Gasteiger partial charge in [0, 0.05) is 37.8 Å². The number of ether oxygens (including phenoxy) is 1. The average Bonchev–Trinajstić information content (AvgIpc) is 3.06. The minimum absolute atomic E-state index is 0. The van der Waals surface area contributed by atoms with Crippen LogP contribution in [0.5, 0.6) is 5.75 Å². The van der Waals surface area contributed by atoms with Crippen LogP contribution >= 0.6 is 12.4 Å². The summed E-state index contributed by atoms with van der Waals surface area (Å²) in [6.07, 6.45) is 3.67. The van der Waals surface area contributed by atoms with Gasteiger partial charge in [0.25, 0.3) is 5.91 Å². The molecule has 2 aliphatic rings. The highest BCUT2D eigenvalue weighted by atomic mass is 35.5. The van der Waals surface area contributed by atoms with Gasteiger partial charge in [0.05, 0.1) is 0 Å². The van der Waals surface area contributed by atoms with Gasteiger partial charge in [-0.2, -0.15) is 0 Å². The number of carbonyl (C=O) groups is 2. The number of likely N-dealkylation sites (N-methyl/N-ethyl adjacent to an activating group) is 1. The molecule has 2 aliphatic heterocycles. The molecule has 2 saturated heterocycles. The fourth-order valence-electron chi connectivity index (χ4n) is 3.32. The van der Waals surface area contributed by atoms with E-state index in [2.05, 4.69) is 5.32 Å². The molecule has 0 bridgehead atoms. The van der Waals surface area contributed by atoms with Crippen LogP contribution in [0.1, 0.15) is 25.7 Å². The monoisotopic (exact) mass is 367 g/mol. The van der Waals surface area contributed by atoms with Crippen molar-refractivity contribution >= 4 is 29.9 Å². The van der Waals surface area contributed by atoms with Crippen LogP contribution in [0.25, 0.3) is 0 Å². The molecular formula is C18H26ClN3O3. The maximum absolute atomic E-state index is 12.3. The Morgan fingerprint density at radius 2 is 2.00 bits per heavy atom. The first-order valence-corrected chi connectivity index (χ1v) is 8.65. The molecule has 1 unspecified atom stereocenters. The number of hydrogen-bond donors (Lipinski definition) is 1. The maximum Gasteiger partial charge on any atom is 0.260 e. The number of carbonyl (C=O) groups excluding carboxylic acids is 2. The third-order valence-electron chi connectivity index (χ3n) is 4.77. The zero-order valence-corrected chi connectivity index (χ0v) is 15.4. The maximum atomic E-state index is 12.3. The number of benzene rings is 1. The third-order valence-corrected chi connectivity index (χ3v) is 4.77. The van der Waals surface area contributed by atoms with E-state index in [4.69, 9.17) is 4.74 Å². The predicted molar refractivity (Wildman–Crippen MR) is 99.4 cm³/mol. The molecule has 6 nitrogen and oxygen atoms in total. The topological polar surface area (TPSA) is 61.9 Å². The molecule has 2 fully saturated rings. The summed E-state index contributed by atoms with van der Waals surface area (Å²) in [5, 5.41) is 3.23. The molecule has 1 aromatic rings. The molecule has 7 heteroatoms. The Balaban J connectivity index is 0.00000225. The van der Waals surface area contributed by atoms with Crippen molar-refractivity contribution in [3.63, 3.8) is 0 Å². The Bertz CT molecular complexity index is 594. The van der Waals surface area contributed by atoms with E-state index >= 15 is 0 Å². The van der Waals surface area contributed by atoms with Crippen molar-refractivity contribution in [2.75, 3.05) is 38.2 Å². The Hall–Kier alpha value is -1.79. The summed E-state index contributed by atoms with van der Waals surface area (Å²) in [4.78, 5) is 27.7. The summed E-state index contributed by atoms with van der Waals surface area (Å²) >= 11 is 0. The van der Waals surface area contributed by atoms with Crippen LogP contribution in [0.3, 0.4) is 0 Å². The Morgan fingerprint density at radius 3 is 2.64 bits per heavy atom. The summed E-state index contributed by atoms with van der Waals surface area (Å²) in [5.74, 6) is 0.845. The van der Waals surface area contributed by atoms with E-state index in [1.807, 2.05) is 36.2 Å². The van der Waals surface area contributed by atoms with Gasteiger partial charge in [0.15, 0.2) is 6.61 Å². The van der Waals surface area contributed by atoms with Crippen molar-refractivity contribution in [3.8, 4) is 5.75 Å².